The predicted molar refractivity (Wildman–Crippen MR) is 63.1 cm³/mol. The number of aliphatic carboxylic acids is 1. The average Bonchev–Trinajstić information content (AvgIpc) is 2.23. The van der Waals surface area contributed by atoms with E-state index in [0.29, 0.717) is 18.9 Å². The Labute approximate surface area is 96.7 Å². The Morgan fingerprint density at radius 2 is 2.06 bits per heavy atom. The highest BCUT2D eigenvalue weighted by atomic mass is 16.4. The largest absolute Gasteiger partial charge is 0.481 e. The van der Waals surface area contributed by atoms with Crippen molar-refractivity contribution in [3.63, 3.8) is 0 Å². The summed E-state index contributed by atoms with van der Waals surface area (Å²) in [6.07, 6.45) is 5.86. The van der Waals surface area contributed by atoms with Gasteiger partial charge in [0.2, 0.25) is 5.91 Å². The second kappa shape index (κ2) is 8.95. The lowest BCUT2D eigenvalue weighted by molar-refractivity contribution is -0.137. The van der Waals surface area contributed by atoms with Crippen LogP contribution in [0.2, 0.25) is 0 Å². The van der Waals surface area contributed by atoms with Crippen LogP contribution in [0.5, 0.6) is 0 Å². The molecule has 4 nitrogen and oxygen atoms in total. The lowest BCUT2D eigenvalue weighted by Gasteiger charge is -2.13. The Hall–Kier alpha value is -1.32. The fraction of sp³-hybridized carbons (Fsp3) is 0.667. The molecule has 1 atom stereocenters. The van der Waals surface area contributed by atoms with Gasteiger partial charge in [0.05, 0.1) is 0 Å². The minimum Gasteiger partial charge on any atom is -0.481 e. The van der Waals surface area contributed by atoms with Crippen molar-refractivity contribution in [3.8, 4) is 0 Å². The van der Waals surface area contributed by atoms with E-state index in [-0.39, 0.29) is 12.3 Å². The number of carbonyl (C=O) groups excluding carboxylic acids is 1. The smallest absolute Gasteiger partial charge is 0.303 e. The van der Waals surface area contributed by atoms with Crippen molar-refractivity contribution < 1.29 is 14.7 Å². The van der Waals surface area contributed by atoms with E-state index in [1.807, 2.05) is 6.92 Å². The minimum absolute atomic E-state index is 0.0874. The van der Waals surface area contributed by atoms with Crippen LogP contribution in [-0.4, -0.2) is 23.5 Å². The lowest BCUT2D eigenvalue weighted by Crippen LogP contribution is -2.24. The van der Waals surface area contributed by atoms with E-state index in [2.05, 4.69) is 5.32 Å². The Morgan fingerprint density at radius 3 is 2.56 bits per heavy atom. The Kier molecular flexibility index (Phi) is 8.21. The molecule has 0 aromatic heterocycles. The molecule has 0 aliphatic carbocycles. The van der Waals surface area contributed by atoms with E-state index in [4.69, 9.17) is 5.11 Å². The zero-order valence-corrected chi connectivity index (χ0v) is 10.0. The summed E-state index contributed by atoms with van der Waals surface area (Å²) in [6, 6.07) is 0. The van der Waals surface area contributed by atoms with Gasteiger partial charge in [0.15, 0.2) is 0 Å². The van der Waals surface area contributed by atoms with Crippen LogP contribution in [0.3, 0.4) is 0 Å². The van der Waals surface area contributed by atoms with Gasteiger partial charge in [-0.3, -0.25) is 9.59 Å². The standard InChI is InChI=1S/C12H21NO3/c1-3-5-11(14)13-9-8-10(4-2)6-7-12(15)16/h3,5,10H,4,6-9H2,1-2H3,(H,13,14)(H,15,16). The fourth-order valence-electron chi connectivity index (χ4n) is 1.49. The van der Waals surface area contributed by atoms with Gasteiger partial charge in [0, 0.05) is 13.0 Å². The molecule has 0 radical (unpaired) electrons. The van der Waals surface area contributed by atoms with Crippen molar-refractivity contribution >= 4 is 11.9 Å². The summed E-state index contributed by atoms with van der Waals surface area (Å²) >= 11 is 0. The molecule has 1 unspecified atom stereocenters. The molecule has 0 saturated heterocycles. The topological polar surface area (TPSA) is 66.4 Å². The molecule has 0 aliphatic rings. The summed E-state index contributed by atoms with van der Waals surface area (Å²) in [5.41, 5.74) is 0. The summed E-state index contributed by atoms with van der Waals surface area (Å²) in [6.45, 7) is 4.45. The number of carboxylic acids is 1. The van der Waals surface area contributed by atoms with Gasteiger partial charge in [0.25, 0.3) is 0 Å². The minimum atomic E-state index is -0.753. The molecule has 0 fully saturated rings. The summed E-state index contributed by atoms with van der Waals surface area (Å²) in [7, 11) is 0. The van der Waals surface area contributed by atoms with Gasteiger partial charge in [-0.2, -0.15) is 0 Å². The first-order valence-corrected chi connectivity index (χ1v) is 5.72. The zero-order chi connectivity index (χ0) is 12.4. The van der Waals surface area contributed by atoms with Crippen LogP contribution in [0.4, 0.5) is 0 Å². The van der Waals surface area contributed by atoms with Gasteiger partial charge < -0.3 is 10.4 Å². The highest BCUT2D eigenvalue weighted by molar-refractivity contribution is 5.87. The Balaban J connectivity index is 3.70. The van der Waals surface area contributed by atoms with Crippen LogP contribution < -0.4 is 5.32 Å². The molecule has 0 aliphatic heterocycles. The maximum absolute atomic E-state index is 11.1. The van der Waals surface area contributed by atoms with Crippen molar-refractivity contribution in [2.45, 2.75) is 39.5 Å². The summed E-state index contributed by atoms with van der Waals surface area (Å²) < 4.78 is 0. The summed E-state index contributed by atoms with van der Waals surface area (Å²) in [5, 5.41) is 11.3. The van der Waals surface area contributed by atoms with Crippen molar-refractivity contribution in [1.29, 1.82) is 0 Å². The van der Waals surface area contributed by atoms with Gasteiger partial charge in [-0.15, -0.1) is 0 Å². The highest BCUT2D eigenvalue weighted by Crippen LogP contribution is 2.14. The molecule has 0 rings (SSSR count). The fourth-order valence-corrected chi connectivity index (χ4v) is 1.49. The Morgan fingerprint density at radius 1 is 1.38 bits per heavy atom. The number of rotatable bonds is 8. The molecule has 0 heterocycles. The third-order valence-electron chi connectivity index (χ3n) is 2.51. The van der Waals surface area contributed by atoms with Crippen LogP contribution in [0.15, 0.2) is 12.2 Å². The van der Waals surface area contributed by atoms with Gasteiger partial charge in [0.1, 0.15) is 0 Å². The van der Waals surface area contributed by atoms with Crippen molar-refractivity contribution in [2.75, 3.05) is 6.54 Å². The molecular weight excluding hydrogens is 206 g/mol. The van der Waals surface area contributed by atoms with E-state index in [1.54, 1.807) is 13.0 Å². The highest BCUT2D eigenvalue weighted by Gasteiger charge is 2.08. The third-order valence-corrected chi connectivity index (χ3v) is 2.51. The lowest BCUT2D eigenvalue weighted by atomic mass is 9.97. The number of nitrogens with one attached hydrogen (secondary N) is 1. The number of carboxylic acid groups (broad SMARTS) is 1. The first-order chi connectivity index (χ1) is 7.60. The molecule has 0 aromatic rings. The third kappa shape index (κ3) is 8.03. The molecule has 92 valence electrons. The molecule has 0 saturated carbocycles. The number of amides is 1. The molecule has 0 bridgehead atoms. The second-order valence-electron chi connectivity index (χ2n) is 3.79. The number of allylic oxidation sites excluding steroid dienone is 1. The van der Waals surface area contributed by atoms with E-state index in [1.165, 1.54) is 6.08 Å². The summed E-state index contributed by atoms with van der Waals surface area (Å²) in [5.74, 6) is -0.464. The van der Waals surface area contributed by atoms with E-state index < -0.39 is 5.97 Å². The normalized spacial score (nSPS) is 12.6. The van der Waals surface area contributed by atoms with Crippen LogP contribution in [0.25, 0.3) is 0 Å². The van der Waals surface area contributed by atoms with Crippen LogP contribution >= 0.6 is 0 Å². The van der Waals surface area contributed by atoms with Crippen molar-refractivity contribution in [1.82, 2.24) is 5.32 Å². The zero-order valence-electron chi connectivity index (χ0n) is 10.0. The quantitative estimate of drug-likeness (QED) is 0.623. The maximum Gasteiger partial charge on any atom is 0.303 e. The second-order valence-corrected chi connectivity index (χ2v) is 3.79. The van der Waals surface area contributed by atoms with E-state index in [0.717, 1.165) is 12.8 Å². The van der Waals surface area contributed by atoms with E-state index >= 15 is 0 Å². The molecule has 0 spiro atoms. The van der Waals surface area contributed by atoms with Crippen molar-refractivity contribution in [2.24, 2.45) is 5.92 Å². The Bertz CT molecular complexity index is 249. The van der Waals surface area contributed by atoms with Gasteiger partial charge in [-0.25, -0.2) is 0 Å². The summed E-state index contributed by atoms with van der Waals surface area (Å²) in [4.78, 5) is 21.5. The van der Waals surface area contributed by atoms with Crippen LogP contribution in [0.1, 0.15) is 39.5 Å². The number of hydrogen-bond acceptors (Lipinski definition) is 2. The molecule has 0 aromatic carbocycles. The monoisotopic (exact) mass is 227 g/mol. The van der Waals surface area contributed by atoms with Gasteiger partial charge >= 0.3 is 5.97 Å². The van der Waals surface area contributed by atoms with Crippen LogP contribution in [0, 0.1) is 5.92 Å². The molecule has 1 amide bonds. The first-order valence-electron chi connectivity index (χ1n) is 5.72. The SMILES string of the molecule is CC=CC(=O)NCCC(CC)CCC(=O)O. The molecular formula is C12H21NO3. The van der Waals surface area contributed by atoms with E-state index in [9.17, 15) is 9.59 Å². The molecule has 16 heavy (non-hydrogen) atoms. The molecule has 4 heteroatoms. The predicted octanol–water partition coefficient (Wildman–Crippen LogP) is 1.96. The first kappa shape index (κ1) is 14.7. The van der Waals surface area contributed by atoms with Gasteiger partial charge in [-0.1, -0.05) is 19.4 Å². The average molecular weight is 227 g/mol. The molecule has 2 N–H and O–H groups in total. The maximum atomic E-state index is 11.1. The van der Waals surface area contributed by atoms with Crippen LogP contribution in [-0.2, 0) is 9.59 Å². The number of hydrogen-bond donors (Lipinski definition) is 2. The van der Waals surface area contributed by atoms with Crippen molar-refractivity contribution in [3.05, 3.63) is 12.2 Å². The van der Waals surface area contributed by atoms with Gasteiger partial charge in [-0.05, 0) is 31.8 Å². The number of carbonyl (C=O) groups is 2.